The Kier molecular flexibility index (Phi) is 8.36. The van der Waals surface area contributed by atoms with Crippen LogP contribution >= 0.6 is 0 Å². The third kappa shape index (κ3) is 6.17. The van der Waals surface area contributed by atoms with Crippen molar-refractivity contribution in [3.63, 3.8) is 0 Å². The van der Waals surface area contributed by atoms with E-state index < -0.39 is 5.92 Å². The molecule has 0 saturated carbocycles. The van der Waals surface area contributed by atoms with Gasteiger partial charge in [-0.3, -0.25) is 14.4 Å². The summed E-state index contributed by atoms with van der Waals surface area (Å²) in [7, 11) is 0. The van der Waals surface area contributed by atoms with Gasteiger partial charge in [-0.15, -0.1) is 0 Å². The monoisotopic (exact) mass is 598 g/mol. The molecule has 2 aromatic heterocycles. The van der Waals surface area contributed by atoms with Crippen molar-refractivity contribution in [2.24, 2.45) is 5.92 Å². The molecule has 11 heteroatoms. The minimum Gasteiger partial charge on any atom is -0.492 e. The molecule has 2 bridgehead atoms. The number of aromatic amines is 1. The summed E-state index contributed by atoms with van der Waals surface area (Å²) < 4.78 is 11.4. The molecule has 4 aromatic rings. The number of carbonyl (C=O) groups is 3. The number of carbonyl (C=O) groups excluding carboxylic acids is 3. The molecule has 2 atom stereocenters. The first-order valence-corrected chi connectivity index (χ1v) is 15.2. The SMILES string of the molecule is Cc1nc2ccc(C(=O)N3CCCNC(=O)[C@H]4CN(C(=O)CCc5c(C)noc5C)C[C@@H]4c4cccc(c4)OCC3)cc2[nH]1. The van der Waals surface area contributed by atoms with E-state index in [0.717, 1.165) is 39.4 Å². The Hall–Kier alpha value is -4.67. The Morgan fingerprint density at radius 3 is 2.68 bits per heavy atom. The second-order valence-electron chi connectivity index (χ2n) is 11.7. The maximum atomic E-state index is 13.5. The molecule has 0 spiro atoms. The van der Waals surface area contributed by atoms with Crippen LogP contribution < -0.4 is 10.1 Å². The smallest absolute Gasteiger partial charge is 0.254 e. The van der Waals surface area contributed by atoms with Crippen LogP contribution in [-0.2, 0) is 16.0 Å². The fourth-order valence-electron chi connectivity index (χ4n) is 6.35. The fraction of sp³-hybridized carbons (Fsp3) is 0.424. The highest BCUT2D eigenvalue weighted by Crippen LogP contribution is 2.35. The van der Waals surface area contributed by atoms with Crippen molar-refractivity contribution in [2.75, 3.05) is 39.3 Å². The van der Waals surface area contributed by atoms with Gasteiger partial charge in [0.15, 0.2) is 0 Å². The minimum atomic E-state index is -0.390. The summed E-state index contributed by atoms with van der Waals surface area (Å²) in [5, 5.41) is 7.08. The molecule has 2 aliphatic rings. The van der Waals surface area contributed by atoms with Crippen LogP contribution in [0.2, 0.25) is 0 Å². The molecule has 11 nitrogen and oxygen atoms in total. The first-order chi connectivity index (χ1) is 21.3. The highest BCUT2D eigenvalue weighted by Gasteiger charge is 2.40. The van der Waals surface area contributed by atoms with Gasteiger partial charge in [-0.25, -0.2) is 4.98 Å². The van der Waals surface area contributed by atoms with E-state index in [1.54, 1.807) is 15.9 Å². The zero-order chi connectivity index (χ0) is 30.8. The predicted octanol–water partition coefficient (Wildman–Crippen LogP) is 3.69. The summed E-state index contributed by atoms with van der Waals surface area (Å²) >= 11 is 0. The van der Waals surface area contributed by atoms with Crippen molar-refractivity contribution in [3.05, 3.63) is 76.4 Å². The maximum Gasteiger partial charge on any atom is 0.254 e. The number of imidazole rings is 1. The lowest BCUT2D eigenvalue weighted by molar-refractivity contribution is -0.130. The van der Waals surface area contributed by atoms with E-state index in [4.69, 9.17) is 9.26 Å². The molecule has 0 aliphatic carbocycles. The summed E-state index contributed by atoms with van der Waals surface area (Å²) in [5.74, 6) is 1.48. The summed E-state index contributed by atoms with van der Waals surface area (Å²) in [6, 6.07) is 13.2. The third-order valence-electron chi connectivity index (χ3n) is 8.73. The lowest BCUT2D eigenvalue weighted by atomic mass is 9.88. The van der Waals surface area contributed by atoms with Crippen molar-refractivity contribution >= 4 is 28.8 Å². The molecule has 1 saturated heterocycles. The number of amides is 3. The maximum absolute atomic E-state index is 13.5. The van der Waals surface area contributed by atoms with Crippen molar-refractivity contribution in [1.82, 2.24) is 30.2 Å². The number of nitrogens with one attached hydrogen (secondary N) is 2. The van der Waals surface area contributed by atoms with E-state index >= 15 is 0 Å². The van der Waals surface area contributed by atoms with Crippen molar-refractivity contribution in [2.45, 2.75) is 46.0 Å². The molecule has 3 amide bonds. The van der Waals surface area contributed by atoms with Gasteiger partial charge in [0.2, 0.25) is 11.8 Å². The Morgan fingerprint density at radius 1 is 1.02 bits per heavy atom. The summed E-state index contributed by atoms with van der Waals surface area (Å²) in [5.41, 5.74) is 4.92. The third-order valence-corrected chi connectivity index (χ3v) is 8.73. The number of fused-ring (bicyclic) bond motifs is 5. The van der Waals surface area contributed by atoms with Gasteiger partial charge in [-0.05, 0) is 69.5 Å². The van der Waals surface area contributed by atoms with Crippen LogP contribution in [0.3, 0.4) is 0 Å². The molecule has 2 N–H and O–H groups in total. The van der Waals surface area contributed by atoms with Crippen LogP contribution in [0.1, 0.15) is 57.5 Å². The van der Waals surface area contributed by atoms with E-state index in [-0.39, 0.29) is 23.6 Å². The number of likely N-dealkylation sites (tertiary alicyclic amines) is 1. The van der Waals surface area contributed by atoms with Gasteiger partial charge < -0.3 is 29.4 Å². The van der Waals surface area contributed by atoms with Crippen molar-refractivity contribution in [3.8, 4) is 5.75 Å². The standard InChI is InChI=1S/C33H38N6O5/c1-20-26(21(2)44-37-20)9-11-31(40)39-18-27-23-6-4-7-25(16-23)43-15-14-38(13-5-12-34-32(41)28(27)19-39)33(42)24-8-10-29-30(17-24)36-22(3)35-29/h4,6-8,10,16-17,27-28H,5,9,11-15,18-19H2,1-3H3,(H,34,41)(H,35,36)/t27-,28+/m1/s1. The molecule has 4 heterocycles. The van der Waals surface area contributed by atoms with Crippen molar-refractivity contribution < 1.29 is 23.6 Å². The molecule has 6 rings (SSSR count). The van der Waals surface area contributed by atoms with Crippen LogP contribution in [0.5, 0.6) is 5.75 Å². The topological polar surface area (TPSA) is 134 Å². The highest BCUT2D eigenvalue weighted by molar-refractivity contribution is 5.97. The first-order valence-electron chi connectivity index (χ1n) is 15.2. The zero-order valence-corrected chi connectivity index (χ0v) is 25.4. The van der Waals surface area contributed by atoms with E-state index in [0.29, 0.717) is 69.9 Å². The number of benzene rings is 2. The first kappa shape index (κ1) is 29.4. The van der Waals surface area contributed by atoms with Gasteiger partial charge in [-0.1, -0.05) is 17.3 Å². The molecule has 0 radical (unpaired) electrons. The predicted molar refractivity (Wildman–Crippen MR) is 163 cm³/mol. The summed E-state index contributed by atoms with van der Waals surface area (Å²) in [4.78, 5) is 51.6. The second-order valence-corrected chi connectivity index (χ2v) is 11.7. The van der Waals surface area contributed by atoms with Gasteiger partial charge in [-0.2, -0.15) is 0 Å². The Bertz CT molecular complexity index is 1670. The highest BCUT2D eigenvalue weighted by atomic mass is 16.5. The largest absolute Gasteiger partial charge is 0.492 e. The number of aromatic nitrogens is 3. The van der Waals surface area contributed by atoms with E-state index in [9.17, 15) is 14.4 Å². The lowest BCUT2D eigenvalue weighted by Gasteiger charge is -2.25. The van der Waals surface area contributed by atoms with E-state index in [1.807, 2.05) is 57.2 Å². The lowest BCUT2D eigenvalue weighted by Crippen LogP contribution is -2.39. The molecule has 2 aliphatic heterocycles. The summed E-state index contributed by atoms with van der Waals surface area (Å²) in [6.07, 6.45) is 1.46. The van der Waals surface area contributed by atoms with Gasteiger partial charge in [0.1, 0.15) is 23.9 Å². The molecule has 230 valence electrons. The number of hydrogen-bond donors (Lipinski definition) is 2. The Balaban J connectivity index is 1.16. The summed E-state index contributed by atoms with van der Waals surface area (Å²) in [6.45, 7) is 8.04. The number of aryl methyl sites for hydroxylation is 3. The molecular formula is C33H38N6O5. The van der Waals surface area contributed by atoms with E-state index in [1.165, 1.54) is 0 Å². The van der Waals surface area contributed by atoms with Gasteiger partial charge in [0, 0.05) is 49.6 Å². The van der Waals surface area contributed by atoms with Gasteiger partial charge in [0.25, 0.3) is 5.91 Å². The quantitative estimate of drug-likeness (QED) is 0.366. The Labute approximate surface area is 255 Å². The van der Waals surface area contributed by atoms with Crippen LogP contribution in [0, 0.1) is 26.7 Å². The minimum absolute atomic E-state index is 0.00764. The van der Waals surface area contributed by atoms with Crippen LogP contribution in [-0.4, -0.2) is 82.0 Å². The molecule has 44 heavy (non-hydrogen) atoms. The Morgan fingerprint density at radius 2 is 1.86 bits per heavy atom. The molecule has 2 aromatic carbocycles. The fourth-order valence-corrected chi connectivity index (χ4v) is 6.35. The molecule has 0 unspecified atom stereocenters. The van der Waals surface area contributed by atoms with Gasteiger partial charge in [0.05, 0.1) is 29.2 Å². The van der Waals surface area contributed by atoms with Crippen molar-refractivity contribution in [1.29, 1.82) is 0 Å². The van der Waals surface area contributed by atoms with Crippen LogP contribution in [0.25, 0.3) is 11.0 Å². The normalized spacial score (nSPS) is 19.3. The molecular weight excluding hydrogens is 560 g/mol. The van der Waals surface area contributed by atoms with Crippen LogP contribution in [0.4, 0.5) is 0 Å². The average Bonchev–Trinajstić information content (AvgIpc) is 3.72. The number of hydrogen-bond acceptors (Lipinski definition) is 7. The van der Waals surface area contributed by atoms with E-state index in [2.05, 4.69) is 20.4 Å². The molecule has 1 fully saturated rings. The number of H-pyrrole nitrogens is 1. The van der Waals surface area contributed by atoms with Crippen LogP contribution in [0.15, 0.2) is 47.0 Å². The second kappa shape index (κ2) is 12.5. The van der Waals surface area contributed by atoms with Gasteiger partial charge >= 0.3 is 0 Å². The zero-order valence-electron chi connectivity index (χ0n) is 25.4. The number of rotatable bonds is 4. The number of ether oxygens (including phenoxy) is 1. The average molecular weight is 599 g/mol. The number of nitrogens with zero attached hydrogens (tertiary/aromatic N) is 4.